The van der Waals surface area contributed by atoms with E-state index >= 15 is 0 Å². The Morgan fingerprint density at radius 2 is 1.58 bits per heavy atom. The van der Waals surface area contributed by atoms with Gasteiger partial charge in [-0.05, 0) is 55.5 Å². The van der Waals surface area contributed by atoms with Gasteiger partial charge in [0.1, 0.15) is 5.75 Å². The number of hydrogen-bond donors (Lipinski definition) is 3. The average molecular weight is 377 g/mol. The zero-order valence-electron chi connectivity index (χ0n) is 14.3. The maximum atomic E-state index is 12.4. The Morgan fingerprint density at radius 3 is 2.12 bits per heavy atom. The van der Waals surface area contributed by atoms with E-state index in [-0.39, 0.29) is 10.5 Å². The lowest BCUT2D eigenvalue weighted by molar-refractivity contribution is -0.119. The Kier molecular flexibility index (Phi) is 6.18. The van der Waals surface area contributed by atoms with E-state index in [1.807, 2.05) is 6.92 Å². The maximum absolute atomic E-state index is 12.4. The molecule has 2 amide bonds. The molecule has 8 nitrogen and oxygen atoms in total. The molecule has 0 aliphatic carbocycles. The van der Waals surface area contributed by atoms with E-state index in [1.54, 1.807) is 12.1 Å². The number of rotatable bonds is 6. The fourth-order valence-corrected chi connectivity index (χ4v) is 3.06. The third-order valence-electron chi connectivity index (χ3n) is 3.20. The number of ether oxygens (including phenoxy) is 1. The second-order valence-corrected chi connectivity index (χ2v) is 6.90. The fraction of sp³-hybridized carbons (Fsp3) is 0.176. The number of hydrazine groups is 1. The molecule has 0 unspecified atom stereocenters. The van der Waals surface area contributed by atoms with Gasteiger partial charge in [0.2, 0.25) is 5.91 Å². The zero-order valence-corrected chi connectivity index (χ0v) is 15.1. The topological polar surface area (TPSA) is 114 Å². The minimum atomic E-state index is -3.76. The van der Waals surface area contributed by atoms with E-state index in [2.05, 4.69) is 15.6 Å². The van der Waals surface area contributed by atoms with Gasteiger partial charge in [-0.3, -0.25) is 25.2 Å². The lowest BCUT2D eigenvalue weighted by atomic mass is 10.2. The van der Waals surface area contributed by atoms with E-state index < -0.39 is 21.8 Å². The van der Waals surface area contributed by atoms with Crippen molar-refractivity contribution in [1.82, 2.24) is 10.9 Å². The molecule has 0 spiro atoms. The first-order chi connectivity index (χ1) is 12.3. The highest BCUT2D eigenvalue weighted by Gasteiger charge is 2.14. The van der Waals surface area contributed by atoms with Crippen LogP contribution >= 0.6 is 0 Å². The third kappa shape index (κ3) is 5.21. The summed E-state index contributed by atoms with van der Waals surface area (Å²) in [5.41, 5.74) is 4.96. The molecule has 0 aliphatic rings. The summed E-state index contributed by atoms with van der Waals surface area (Å²) in [6.07, 6.45) is 0. The molecule has 0 saturated heterocycles. The molecule has 2 rings (SSSR count). The molecule has 0 bridgehead atoms. The predicted octanol–water partition coefficient (Wildman–Crippen LogP) is 1.67. The van der Waals surface area contributed by atoms with E-state index in [1.165, 1.54) is 43.3 Å². The van der Waals surface area contributed by atoms with Crippen molar-refractivity contribution in [2.45, 2.75) is 18.7 Å². The lowest BCUT2D eigenvalue weighted by Crippen LogP contribution is -2.40. The lowest BCUT2D eigenvalue weighted by Gasteiger charge is -2.10. The van der Waals surface area contributed by atoms with Crippen LogP contribution in [0.4, 0.5) is 5.69 Å². The van der Waals surface area contributed by atoms with Gasteiger partial charge in [0.15, 0.2) is 0 Å². The number of anilines is 1. The fourth-order valence-electron chi connectivity index (χ4n) is 2.00. The van der Waals surface area contributed by atoms with Crippen LogP contribution in [-0.4, -0.2) is 26.8 Å². The van der Waals surface area contributed by atoms with Crippen molar-refractivity contribution in [3.05, 3.63) is 54.1 Å². The Morgan fingerprint density at radius 1 is 0.962 bits per heavy atom. The van der Waals surface area contributed by atoms with Crippen LogP contribution in [0.5, 0.6) is 5.75 Å². The number of benzene rings is 2. The van der Waals surface area contributed by atoms with Crippen LogP contribution < -0.4 is 20.3 Å². The van der Waals surface area contributed by atoms with Crippen molar-refractivity contribution in [2.75, 3.05) is 11.3 Å². The van der Waals surface area contributed by atoms with Crippen LogP contribution in [0.15, 0.2) is 53.4 Å². The summed E-state index contributed by atoms with van der Waals surface area (Å²) in [4.78, 5) is 22.6. The Labute approximate surface area is 151 Å². The van der Waals surface area contributed by atoms with E-state index in [9.17, 15) is 18.0 Å². The average Bonchev–Trinajstić information content (AvgIpc) is 2.61. The van der Waals surface area contributed by atoms with Gasteiger partial charge >= 0.3 is 0 Å². The van der Waals surface area contributed by atoms with E-state index in [0.717, 1.165) is 0 Å². The zero-order chi connectivity index (χ0) is 19.2. The maximum Gasteiger partial charge on any atom is 0.269 e. The summed E-state index contributed by atoms with van der Waals surface area (Å²) in [6.45, 7) is 3.59. The summed E-state index contributed by atoms with van der Waals surface area (Å²) < 4.78 is 32.5. The largest absolute Gasteiger partial charge is 0.494 e. The second-order valence-electron chi connectivity index (χ2n) is 5.22. The summed E-state index contributed by atoms with van der Waals surface area (Å²) in [5, 5.41) is 0. The molecule has 0 atom stereocenters. The quantitative estimate of drug-likeness (QED) is 0.663. The molecule has 0 aliphatic heterocycles. The summed E-state index contributed by atoms with van der Waals surface area (Å²) in [6, 6.07) is 11.8. The predicted molar refractivity (Wildman–Crippen MR) is 96.1 cm³/mol. The van der Waals surface area contributed by atoms with Crippen molar-refractivity contribution in [2.24, 2.45) is 0 Å². The van der Waals surface area contributed by atoms with Crippen LogP contribution in [0.1, 0.15) is 24.2 Å². The SMILES string of the molecule is CCOc1ccc(S(=O)(=O)Nc2ccc(C(=O)NNC(C)=O)cc2)cc1. The van der Waals surface area contributed by atoms with Gasteiger partial charge in [0, 0.05) is 18.2 Å². The number of hydrogen-bond acceptors (Lipinski definition) is 5. The molecule has 3 N–H and O–H groups in total. The number of amides is 2. The molecule has 0 saturated carbocycles. The molecule has 0 fully saturated rings. The summed E-state index contributed by atoms with van der Waals surface area (Å²) >= 11 is 0. The number of carbonyl (C=O) groups is 2. The van der Waals surface area contributed by atoms with Crippen molar-refractivity contribution in [3.63, 3.8) is 0 Å². The first-order valence-electron chi connectivity index (χ1n) is 7.74. The normalized spacial score (nSPS) is 10.7. The molecular weight excluding hydrogens is 358 g/mol. The summed E-state index contributed by atoms with van der Waals surface area (Å²) in [7, 11) is -3.76. The van der Waals surface area contributed by atoms with Gasteiger partial charge in [0.05, 0.1) is 11.5 Å². The third-order valence-corrected chi connectivity index (χ3v) is 4.59. The number of sulfonamides is 1. The van der Waals surface area contributed by atoms with Gasteiger partial charge in [-0.1, -0.05) is 0 Å². The van der Waals surface area contributed by atoms with Crippen LogP contribution in [0.2, 0.25) is 0 Å². The van der Waals surface area contributed by atoms with Crippen molar-refractivity contribution in [1.29, 1.82) is 0 Å². The van der Waals surface area contributed by atoms with Crippen LogP contribution in [0, 0.1) is 0 Å². The van der Waals surface area contributed by atoms with Crippen molar-refractivity contribution in [3.8, 4) is 5.75 Å². The monoisotopic (exact) mass is 377 g/mol. The van der Waals surface area contributed by atoms with E-state index in [0.29, 0.717) is 18.0 Å². The van der Waals surface area contributed by atoms with Crippen LogP contribution in [0.3, 0.4) is 0 Å². The number of carbonyl (C=O) groups excluding carboxylic acids is 2. The first kappa shape index (κ1) is 19.3. The molecule has 2 aromatic carbocycles. The molecule has 2 aromatic rings. The molecule has 0 radical (unpaired) electrons. The molecular formula is C17H19N3O5S. The van der Waals surface area contributed by atoms with Gasteiger partial charge in [-0.15, -0.1) is 0 Å². The molecule has 138 valence electrons. The Balaban J connectivity index is 2.07. The van der Waals surface area contributed by atoms with Gasteiger partial charge < -0.3 is 4.74 Å². The second kappa shape index (κ2) is 8.34. The minimum Gasteiger partial charge on any atom is -0.494 e. The molecule has 0 aromatic heterocycles. The Bertz CT molecular complexity index is 878. The van der Waals surface area contributed by atoms with Gasteiger partial charge in [-0.2, -0.15) is 0 Å². The Hall–Kier alpha value is -3.07. The van der Waals surface area contributed by atoms with Crippen LogP contribution in [-0.2, 0) is 14.8 Å². The highest BCUT2D eigenvalue weighted by molar-refractivity contribution is 7.92. The van der Waals surface area contributed by atoms with Crippen molar-refractivity contribution < 1.29 is 22.7 Å². The highest BCUT2D eigenvalue weighted by atomic mass is 32.2. The smallest absolute Gasteiger partial charge is 0.269 e. The van der Waals surface area contributed by atoms with E-state index in [4.69, 9.17) is 4.74 Å². The summed E-state index contributed by atoms with van der Waals surface area (Å²) in [5.74, 6) is -0.333. The van der Waals surface area contributed by atoms with Crippen molar-refractivity contribution >= 4 is 27.5 Å². The highest BCUT2D eigenvalue weighted by Crippen LogP contribution is 2.19. The first-order valence-corrected chi connectivity index (χ1v) is 9.23. The standard InChI is InChI=1S/C17H19N3O5S/c1-3-25-15-8-10-16(11-9-15)26(23,24)20-14-6-4-13(5-7-14)17(22)19-18-12(2)21/h4-11,20H,3H2,1-2H3,(H,18,21)(H,19,22). The molecule has 26 heavy (non-hydrogen) atoms. The molecule has 0 heterocycles. The van der Waals surface area contributed by atoms with Gasteiger partial charge in [-0.25, -0.2) is 8.42 Å². The van der Waals surface area contributed by atoms with Crippen LogP contribution in [0.25, 0.3) is 0 Å². The minimum absolute atomic E-state index is 0.0911. The van der Waals surface area contributed by atoms with Gasteiger partial charge in [0.25, 0.3) is 15.9 Å². The molecule has 9 heteroatoms. The number of nitrogens with one attached hydrogen (secondary N) is 3.